The molecule has 0 spiro atoms. The van der Waals surface area contributed by atoms with Gasteiger partial charge < -0.3 is 5.11 Å². The third-order valence-electron chi connectivity index (χ3n) is 4.00. The minimum Gasteiger partial charge on any atom is -0.481 e. The van der Waals surface area contributed by atoms with Crippen molar-refractivity contribution in [1.29, 1.82) is 0 Å². The van der Waals surface area contributed by atoms with Gasteiger partial charge in [-0.2, -0.15) is 0 Å². The second-order valence-electron chi connectivity index (χ2n) is 5.09. The second-order valence-corrected chi connectivity index (χ2v) is 5.09. The number of hydrogen-bond acceptors (Lipinski definition) is 2. The van der Waals surface area contributed by atoms with Crippen molar-refractivity contribution < 1.29 is 14.7 Å². The Morgan fingerprint density at radius 3 is 2.06 bits per heavy atom. The summed E-state index contributed by atoms with van der Waals surface area (Å²) >= 11 is 0. The van der Waals surface area contributed by atoms with E-state index in [4.69, 9.17) is 5.11 Å². The number of carboxylic acids is 1. The fraction of sp³-hybridized carbons (Fsp3) is 0.385. The summed E-state index contributed by atoms with van der Waals surface area (Å²) in [6.07, 6.45) is 1.59. The molecule has 3 saturated carbocycles. The van der Waals surface area contributed by atoms with E-state index in [2.05, 4.69) is 0 Å². The molecule has 0 amide bonds. The van der Waals surface area contributed by atoms with Crippen LogP contribution in [-0.4, -0.2) is 16.9 Å². The van der Waals surface area contributed by atoms with Gasteiger partial charge in [0.05, 0.1) is 5.41 Å². The van der Waals surface area contributed by atoms with Crippen LogP contribution in [0.4, 0.5) is 0 Å². The summed E-state index contributed by atoms with van der Waals surface area (Å²) in [5.74, 6) is -0.619. The van der Waals surface area contributed by atoms with Crippen molar-refractivity contribution in [3.63, 3.8) is 0 Å². The zero-order chi connectivity index (χ0) is 11.4. The van der Waals surface area contributed by atoms with E-state index in [-0.39, 0.29) is 11.2 Å². The number of rotatable bonds is 3. The molecule has 3 heteroatoms. The number of aliphatic carboxylic acids is 1. The maximum Gasteiger partial charge on any atom is 0.309 e. The van der Waals surface area contributed by atoms with Gasteiger partial charge in [0.15, 0.2) is 5.78 Å². The highest BCUT2D eigenvalue weighted by Gasteiger charge is 2.74. The Hall–Kier alpha value is -1.64. The van der Waals surface area contributed by atoms with Gasteiger partial charge in [-0.3, -0.25) is 9.59 Å². The van der Waals surface area contributed by atoms with Crippen LogP contribution >= 0.6 is 0 Å². The standard InChI is InChI=1S/C13H12O3/c14-10(9-4-2-1-3-5-9)12-6-13(7-12,8-12)11(15)16/h1-5H,6-8H2,(H,15,16). The first kappa shape index (κ1) is 9.58. The van der Waals surface area contributed by atoms with Crippen LogP contribution in [0.25, 0.3) is 0 Å². The number of Topliss-reactive ketones (excluding diaryl/α,β-unsaturated/α-hetero) is 1. The first-order valence-electron chi connectivity index (χ1n) is 5.41. The normalized spacial score (nSPS) is 34.8. The molecule has 1 N–H and O–H groups in total. The Labute approximate surface area is 93.1 Å². The molecule has 0 heterocycles. The summed E-state index contributed by atoms with van der Waals surface area (Å²) in [6, 6.07) is 9.15. The Morgan fingerprint density at radius 2 is 1.56 bits per heavy atom. The van der Waals surface area contributed by atoms with Crippen molar-refractivity contribution in [2.45, 2.75) is 19.3 Å². The van der Waals surface area contributed by atoms with Gasteiger partial charge in [0.25, 0.3) is 0 Å². The smallest absolute Gasteiger partial charge is 0.309 e. The van der Waals surface area contributed by atoms with E-state index in [0.29, 0.717) is 24.8 Å². The zero-order valence-electron chi connectivity index (χ0n) is 8.77. The largest absolute Gasteiger partial charge is 0.481 e. The molecule has 1 aromatic rings. The molecule has 0 aromatic heterocycles. The number of carboxylic acid groups (broad SMARTS) is 1. The summed E-state index contributed by atoms with van der Waals surface area (Å²) in [5.41, 5.74) is -0.203. The maximum atomic E-state index is 12.2. The fourth-order valence-electron chi connectivity index (χ4n) is 3.15. The van der Waals surface area contributed by atoms with Crippen LogP contribution in [-0.2, 0) is 4.79 Å². The van der Waals surface area contributed by atoms with Gasteiger partial charge in [-0.1, -0.05) is 30.3 Å². The predicted molar refractivity (Wildman–Crippen MR) is 57.1 cm³/mol. The minimum atomic E-state index is -0.741. The van der Waals surface area contributed by atoms with Crippen LogP contribution in [0.3, 0.4) is 0 Å². The molecule has 2 bridgehead atoms. The molecule has 82 valence electrons. The van der Waals surface area contributed by atoms with Crippen LogP contribution in [0.2, 0.25) is 0 Å². The first-order chi connectivity index (χ1) is 7.58. The lowest BCUT2D eigenvalue weighted by Gasteiger charge is -2.66. The molecule has 0 radical (unpaired) electrons. The topological polar surface area (TPSA) is 54.4 Å². The van der Waals surface area contributed by atoms with Crippen molar-refractivity contribution in [2.24, 2.45) is 10.8 Å². The van der Waals surface area contributed by atoms with Crippen LogP contribution in [0, 0.1) is 10.8 Å². The van der Waals surface area contributed by atoms with Crippen LogP contribution in [0.5, 0.6) is 0 Å². The molecule has 3 fully saturated rings. The summed E-state index contributed by atoms with van der Waals surface area (Å²) < 4.78 is 0. The first-order valence-corrected chi connectivity index (χ1v) is 5.41. The summed E-state index contributed by atoms with van der Waals surface area (Å²) in [7, 11) is 0. The quantitative estimate of drug-likeness (QED) is 0.787. The van der Waals surface area contributed by atoms with Gasteiger partial charge in [0.2, 0.25) is 0 Å². The van der Waals surface area contributed by atoms with E-state index >= 15 is 0 Å². The molecular weight excluding hydrogens is 204 g/mol. The van der Waals surface area contributed by atoms with Crippen LogP contribution < -0.4 is 0 Å². The highest BCUT2D eigenvalue weighted by molar-refractivity contribution is 6.05. The van der Waals surface area contributed by atoms with Gasteiger partial charge in [-0.05, 0) is 19.3 Å². The number of carbonyl (C=O) groups is 2. The lowest BCUT2D eigenvalue weighted by Crippen LogP contribution is -2.68. The summed E-state index contributed by atoms with van der Waals surface area (Å²) in [4.78, 5) is 23.1. The number of ketones is 1. The lowest BCUT2D eigenvalue weighted by molar-refractivity contribution is -0.204. The van der Waals surface area contributed by atoms with Crippen molar-refractivity contribution in [2.75, 3.05) is 0 Å². The molecule has 1 aromatic carbocycles. The molecule has 0 unspecified atom stereocenters. The van der Waals surface area contributed by atoms with Gasteiger partial charge >= 0.3 is 5.97 Å². The SMILES string of the molecule is O=C(O)C12CC(C(=O)c3ccccc3)(C1)C2. The zero-order valence-corrected chi connectivity index (χ0v) is 8.77. The number of carbonyl (C=O) groups excluding carboxylic acids is 1. The van der Waals surface area contributed by atoms with E-state index in [9.17, 15) is 9.59 Å². The monoisotopic (exact) mass is 216 g/mol. The summed E-state index contributed by atoms with van der Waals surface area (Å²) in [5, 5.41) is 8.99. The van der Waals surface area contributed by atoms with E-state index in [0.717, 1.165) is 0 Å². The molecule has 0 saturated heterocycles. The van der Waals surface area contributed by atoms with Gasteiger partial charge in [-0.25, -0.2) is 0 Å². The molecule has 4 rings (SSSR count). The van der Waals surface area contributed by atoms with Crippen molar-refractivity contribution in [3.05, 3.63) is 35.9 Å². The fourth-order valence-corrected chi connectivity index (χ4v) is 3.15. The number of hydrogen-bond donors (Lipinski definition) is 1. The van der Waals surface area contributed by atoms with E-state index in [1.807, 2.05) is 18.2 Å². The minimum absolute atomic E-state index is 0.122. The van der Waals surface area contributed by atoms with Crippen molar-refractivity contribution in [3.8, 4) is 0 Å². The Morgan fingerprint density at radius 1 is 1.00 bits per heavy atom. The van der Waals surface area contributed by atoms with Crippen molar-refractivity contribution >= 4 is 11.8 Å². The van der Waals surface area contributed by atoms with Gasteiger partial charge in [-0.15, -0.1) is 0 Å². The highest BCUT2D eigenvalue weighted by atomic mass is 16.4. The molecule has 0 atom stereocenters. The molecular formula is C13H12O3. The Bertz CT molecular complexity index is 455. The molecule has 3 aliphatic rings. The van der Waals surface area contributed by atoms with Crippen LogP contribution in [0.1, 0.15) is 29.6 Å². The molecule has 3 aliphatic carbocycles. The molecule has 16 heavy (non-hydrogen) atoms. The predicted octanol–water partition coefficient (Wildman–Crippen LogP) is 2.12. The average Bonchev–Trinajstić information content (AvgIpc) is 2.14. The van der Waals surface area contributed by atoms with Gasteiger partial charge in [0.1, 0.15) is 0 Å². The third kappa shape index (κ3) is 0.979. The second kappa shape index (κ2) is 2.73. The Kier molecular flexibility index (Phi) is 1.63. The van der Waals surface area contributed by atoms with E-state index in [1.165, 1.54) is 0 Å². The average molecular weight is 216 g/mol. The highest BCUT2D eigenvalue weighted by Crippen LogP contribution is 2.74. The molecule has 3 nitrogen and oxygen atoms in total. The third-order valence-corrected chi connectivity index (χ3v) is 4.00. The van der Waals surface area contributed by atoms with Gasteiger partial charge in [0, 0.05) is 11.0 Å². The van der Waals surface area contributed by atoms with E-state index < -0.39 is 11.4 Å². The van der Waals surface area contributed by atoms with Crippen LogP contribution in [0.15, 0.2) is 30.3 Å². The molecule has 0 aliphatic heterocycles. The van der Waals surface area contributed by atoms with Crippen molar-refractivity contribution in [1.82, 2.24) is 0 Å². The Balaban J connectivity index is 1.80. The maximum absolute atomic E-state index is 12.2. The summed E-state index contributed by atoms with van der Waals surface area (Å²) in [6.45, 7) is 0. The van der Waals surface area contributed by atoms with E-state index in [1.54, 1.807) is 12.1 Å². The number of benzene rings is 1. The lowest BCUT2D eigenvalue weighted by atomic mass is 9.33.